The molecule has 68 valence electrons. The predicted octanol–water partition coefficient (Wildman–Crippen LogP) is 0.0414. The molecule has 0 amide bonds. The third-order valence-corrected chi connectivity index (χ3v) is 1.82. The summed E-state index contributed by atoms with van der Waals surface area (Å²) in [6.45, 7) is 2.40. The summed E-state index contributed by atoms with van der Waals surface area (Å²) in [6.07, 6.45) is 1.43. The van der Waals surface area contributed by atoms with E-state index in [1.54, 1.807) is 4.90 Å². The number of allylic oxidation sites excluding steroid dienone is 1. The van der Waals surface area contributed by atoms with Crippen LogP contribution in [0.3, 0.4) is 0 Å². The molecule has 1 atom stereocenters. The lowest BCUT2D eigenvalue weighted by Gasteiger charge is -2.15. The fourth-order valence-corrected chi connectivity index (χ4v) is 1.22. The van der Waals surface area contributed by atoms with Crippen LogP contribution in [0.4, 0.5) is 0 Å². The average Bonchev–Trinajstić information content (AvgIpc) is 2.34. The van der Waals surface area contributed by atoms with Gasteiger partial charge in [-0.25, -0.2) is 0 Å². The number of carbonyl (C=O) groups excluding carboxylic acids is 1. The van der Waals surface area contributed by atoms with Crippen molar-refractivity contribution in [2.75, 3.05) is 13.1 Å². The van der Waals surface area contributed by atoms with Gasteiger partial charge in [-0.15, -0.1) is 0 Å². The molecule has 1 saturated heterocycles. The minimum Gasteiger partial charge on any atom is -0.495 e. The van der Waals surface area contributed by atoms with E-state index in [-0.39, 0.29) is 17.8 Å². The van der Waals surface area contributed by atoms with E-state index in [2.05, 4.69) is 0 Å². The van der Waals surface area contributed by atoms with Gasteiger partial charge in [-0.2, -0.15) is 0 Å². The van der Waals surface area contributed by atoms with Gasteiger partial charge in [-0.3, -0.25) is 4.79 Å². The largest absolute Gasteiger partial charge is 0.495 e. The molecule has 0 saturated carbocycles. The predicted molar refractivity (Wildman–Crippen MR) is 43.6 cm³/mol. The molecule has 0 aromatic rings. The maximum Gasteiger partial charge on any atom is 0.190 e. The van der Waals surface area contributed by atoms with Crippen LogP contribution in [0.2, 0.25) is 0 Å². The van der Waals surface area contributed by atoms with E-state index >= 15 is 0 Å². The molecule has 1 aliphatic rings. The minimum atomic E-state index is -0.382. The topological polar surface area (TPSA) is 60.8 Å². The molecule has 1 heterocycles. The van der Waals surface area contributed by atoms with Gasteiger partial charge in [-0.1, -0.05) is 0 Å². The van der Waals surface area contributed by atoms with E-state index < -0.39 is 0 Å². The molecule has 0 aromatic carbocycles. The Labute approximate surface area is 71.1 Å². The second-order valence-corrected chi connectivity index (χ2v) is 3.00. The van der Waals surface area contributed by atoms with Crippen LogP contribution in [-0.2, 0) is 4.79 Å². The number of hydrogen-bond donors (Lipinski definition) is 2. The summed E-state index contributed by atoms with van der Waals surface area (Å²) in [7, 11) is 0. The molecule has 1 fully saturated rings. The lowest BCUT2D eigenvalue weighted by molar-refractivity contribution is -0.112. The van der Waals surface area contributed by atoms with Crippen molar-refractivity contribution >= 4 is 5.78 Å². The minimum absolute atomic E-state index is 0.0425. The standard InChI is InChI=1S/C8H13NO3/c1-6(10)4-8(12)9-3-2-7(11)5-9/h4,7,11-12H,2-3,5H2,1H3/b8-4-/t7-/m0/s1. The number of β-amino-alcohol motifs (C(OH)–C–C–N with tert-alkyl or cyclic N) is 1. The SMILES string of the molecule is CC(=O)/C=C(\O)N1CC[C@H](O)C1. The fourth-order valence-electron chi connectivity index (χ4n) is 1.22. The van der Waals surface area contributed by atoms with E-state index in [0.29, 0.717) is 19.5 Å². The number of rotatable bonds is 2. The number of nitrogens with zero attached hydrogens (tertiary/aromatic N) is 1. The highest BCUT2D eigenvalue weighted by Gasteiger charge is 2.21. The van der Waals surface area contributed by atoms with Crippen molar-refractivity contribution in [3.05, 3.63) is 12.0 Å². The van der Waals surface area contributed by atoms with Crippen LogP contribution in [0.1, 0.15) is 13.3 Å². The van der Waals surface area contributed by atoms with Crippen LogP contribution in [0.25, 0.3) is 0 Å². The number of hydrogen-bond acceptors (Lipinski definition) is 4. The zero-order valence-electron chi connectivity index (χ0n) is 7.03. The first kappa shape index (κ1) is 9.06. The summed E-state index contributed by atoms with van der Waals surface area (Å²) in [4.78, 5) is 12.2. The van der Waals surface area contributed by atoms with Gasteiger partial charge < -0.3 is 15.1 Å². The molecule has 4 heteroatoms. The molecular weight excluding hydrogens is 158 g/mol. The van der Waals surface area contributed by atoms with Crippen molar-refractivity contribution in [1.29, 1.82) is 0 Å². The van der Waals surface area contributed by atoms with Crippen LogP contribution in [0, 0.1) is 0 Å². The molecule has 0 bridgehead atoms. The van der Waals surface area contributed by atoms with Crippen molar-refractivity contribution in [3.8, 4) is 0 Å². The Hall–Kier alpha value is -1.03. The van der Waals surface area contributed by atoms with E-state index in [1.807, 2.05) is 0 Å². The Morgan fingerprint density at radius 2 is 2.33 bits per heavy atom. The number of ketones is 1. The summed E-state index contributed by atoms with van der Waals surface area (Å²) in [5.74, 6) is -0.229. The Bertz CT molecular complexity index is 212. The van der Waals surface area contributed by atoms with Gasteiger partial charge >= 0.3 is 0 Å². The Kier molecular flexibility index (Phi) is 2.70. The average molecular weight is 171 g/mol. The lowest BCUT2D eigenvalue weighted by atomic mass is 10.3. The quantitative estimate of drug-likeness (QED) is 0.455. The summed E-state index contributed by atoms with van der Waals surface area (Å²) in [6, 6.07) is 0. The molecule has 4 nitrogen and oxygen atoms in total. The van der Waals surface area contributed by atoms with Gasteiger partial charge in [0.15, 0.2) is 11.7 Å². The first-order valence-corrected chi connectivity index (χ1v) is 3.94. The molecule has 0 aromatic heterocycles. The molecule has 0 radical (unpaired) electrons. The summed E-state index contributed by atoms with van der Waals surface area (Å²) in [5, 5.41) is 18.4. The highest BCUT2D eigenvalue weighted by atomic mass is 16.3. The molecule has 12 heavy (non-hydrogen) atoms. The maximum absolute atomic E-state index is 10.6. The number of aliphatic hydroxyl groups excluding tert-OH is 2. The molecule has 0 unspecified atom stereocenters. The Morgan fingerprint density at radius 1 is 1.67 bits per heavy atom. The van der Waals surface area contributed by atoms with Crippen LogP contribution < -0.4 is 0 Å². The Morgan fingerprint density at radius 3 is 2.75 bits per heavy atom. The van der Waals surface area contributed by atoms with Crippen LogP contribution >= 0.6 is 0 Å². The molecule has 1 rings (SSSR count). The monoisotopic (exact) mass is 171 g/mol. The van der Waals surface area contributed by atoms with Crippen molar-refractivity contribution < 1.29 is 15.0 Å². The van der Waals surface area contributed by atoms with E-state index in [9.17, 15) is 9.90 Å². The summed E-state index contributed by atoms with van der Waals surface area (Å²) in [5.41, 5.74) is 0. The van der Waals surface area contributed by atoms with E-state index in [0.717, 1.165) is 6.08 Å². The van der Waals surface area contributed by atoms with Gasteiger partial charge in [0.05, 0.1) is 6.10 Å². The molecule has 0 aliphatic carbocycles. The highest BCUT2D eigenvalue weighted by Crippen LogP contribution is 2.12. The molecule has 1 aliphatic heterocycles. The van der Waals surface area contributed by atoms with Gasteiger partial charge in [-0.05, 0) is 13.3 Å². The van der Waals surface area contributed by atoms with Gasteiger partial charge in [0.2, 0.25) is 0 Å². The highest BCUT2D eigenvalue weighted by molar-refractivity contribution is 5.87. The zero-order valence-corrected chi connectivity index (χ0v) is 7.03. The molecule has 0 spiro atoms. The first-order valence-electron chi connectivity index (χ1n) is 3.94. The third-order valence-electron chi connectivity index (χ3n) is 1.82. The van der Waals surface area contributed by atoms with Crippen LogP contribution in [-0.4, -0.2) is 40.1 Å². The normalized spacial score (nSPS) is 24.7. The fraction of sp³-hybridized carbons (Fsp3) is 0.625. The summed E-state index contributed by atoms with van der Waals surface area (Å²) >= 11 is 0. The van der Waals surface area contributed by atoms with Gasteiger partial charge in [0, 0.05) is 19.2 Å². The molecule has 2 N–H and O–H groups in total. The second kappa shape index (κ2) is 3.58. The smallest absolute Gasteiger partial charge is 0.190 e. The van der Waals surface area contributed by atoms with Crippen molar-refractivity contribution in [2.24, 2.45) is 0 Å². The van der Waals surface area contributed by atoms with Gasteiger partial charge in [0.1, 0.15) is 0 Å². The van der Waals surface area contributed by atoms with Crippen molar-refractivity contribution in [3.63, 3.8) is 0 Å². The third kappa shape index (κ3) is 2.23. The Balaban J connectivity index is 2.53. The first-order chi connectivity index (χ1) is 5.59. The van der Waals surface area contributed by atoms with Crippen molar-refractivity contribution in [1.82, 2.24) is 4.90 Å². The number of aliphatic hydroxyl groups is 2. The summed E-state index contributed by atoms with van der Waals surface area (Å²) < 4.78 is 0. The number of carbonyl (C=O) groups is 1. The molecular formula is C8H13NO3. The second-order valence-electron chi connectivity index (χ2n) is 3.00. The lowest BCUT2D eigenvalue weighted by Crippen LogP contribution is -2.21. The van der Waals surface area contributed by atoms with Crippen LogP contribution in [0.5, 0.6) is 0 Å². The van der Waals surface area contributed by atoms with Crippen molar-refractivity contribution in [2.45, 2.75) is 19.4 Å². The maximum atomic E-state index is 10.6. The van der Waals surface area contributed by atoms with E-state index in [1.165, 1.54) is 6.92 Å². The van der Waals surface area contributed by atoms with Gasteiger partial charge in [0.25, 0.3) is 0 Å². The van der Waals surface area contributed by atoms with E-state index in [4.69, 9.17) is 5.11 Å². The van der Waals surface area contributed by atoms with Crippen LogP contribution in [0.15, 0.2) is 12.0 Å². The zero-order chi connectivity index (χ0) is 9.14. The number of likely N-dealkylation sites (tertiary alicyclic amines) is 1.